The minimum atomic E-state index is -2.78. The first kappa shape index (κ1) is 18.2. The maximum Gasteiger partial charge on any atom is 0.277 e. The molecule has 1 atom stereocenters. The van der Waals surface area contributed by atoms with E-state index in [1.165, 1.54) is 7.11 Å². The summed E-state index contributed by atoms with van der Waals surface area (Å²) in [4.78, 5) is 4.53. The summed E-state index contributed by atoms with van der Waals surface area (Å²) < 4.78 is 44.6. The molecule has 6 heteroatoms. The zero-order valence-electron chi connectivity index (χ0n) is 14.1. The lowest BCUT2D eigenvalue weighted by atomic mass is 10.1. The van der Waals surface area contributed by atoms with Crippen LogP contribution in [0.5, 0.6) is 5.75 Å². The van der Waals surface area contributed by atoms with E-state index in [0.29, 0.717) is 16.3 Å². The van der Waals surface area contributed by atoms with Crippen molar-refractivity contribution in [3.05, 3.63) is 66.7 Å². The largest absolute Gasteiger partial charge is 0.497 e. The average molecular weight is 373 g/mol. The summed E-state index contributed by atoms with van der Waals surface area (Å²) >= 11 is 0. The Labute approximate surface area is 152 Å². The van der Waals surface area contributed by atoms with Gasteiger partial charge in [0.2, 0.25) is 0 Å². The summed E-state index contributed by atoms with van der Waals surface area (Å²) in [5.74, 6) is 0.291. The number of halogens is 2. The number of nitrogens with zero attached hydrogens (tertiary/aromatic N) is 1. The first-order valence-electron chi connectivity index (χ1n) is 7.94. The predicted molar refractivity (Wildman–Crippen MR) is 101 cm³/mol. The Kier molecular flexibility index (Phi) is 5.73. The molecule has 0 spiro atoms. The fourth-order valence-electron chi connectivity index (χ4n) is 2.57. The zero-order valence-corrected chi connectivity index (χ0v) is 14.9. The van der Waals surface area contributed by atoms with Gasteiger partial charge in [-0.15, -0.1) is 0 Å². The Hall–Kier alpha value is -2.60. The van der Waals surface area contributed by atoms with Crippen molar-refractivity contribution in [2.75, 3.05) is 12.9 Å². The van der Waals surface area contributed by atoms with Crippen LogP contribution in [-0.2, 0) is 10.8 Å². The number of benzene rings is 3. The van der Waals surface area contributed by atoms with Crippen LogP contribution in [0.3, 0.4) is 0 Å². The van der Waals surface area contributed by atoms with Gasteiger partial charge in [-0.3, -0.25) is 9.20 Å². The quantitative estimate of drug-likeness (QED) is 0.571. The van der Waals surface area contributed by atoms with E-state index in [1.54, 1.807) is 36.4 Å². The van der Waals surface area contributed by atoms with E-state index >= 15 is 0 Å². The molecule has 0 aliphatic heterocycles. The first-order valence-corrected chi connectivity index (χ1v) is 9.26. The highest BCUT2D eigenvalue weighted by atomic mass is 32.2. The molecular weight excluding hydrogens is 356 g/mol. The summed E-state index contributed by atoms with van der Waals surface area (Å²) in [5, 5.41) is 1.72. The van der Waals surface area contributed by atoms with E-state index in [0.717, 1.165) is 10.8 Å². The van der Waals surface area contributed by atoms with Crippen LogP contribution in [-0.4, -0.2) is 29.2 Å². The molecule has 0 bridgehead atoms. The number of alkyl halides is 2. The van der Waals surface area contributed by atoms with Crippen molar-refractivity contribution < 1.29 is 17.7 Å². The van der Waals surface area contributed by atoms with E-state index in [4.69, 9.17) is 4.74 Å². The molecule has 0 saturated heterocycles. The third-order valence-electron chi connectivity index (χ3n) is 3.87. The summed E-state index contributed by atoms with van der Waals surface area (Å²) in [6.45, 7) is 0. The van der Waals surface area contributed by atoms with Gasteiger partial charge in [0, 0.05) is 4.90 Å². The average Bonchev–Trinajstić information content (AvgIpc) is 2.67. The maximum absolute atomic E-state index is 13.4. The summed E-state index contributed by atoms with van der Waals surface area (Å²) in [6.07, 6.45) is -2.78. The predicted octanol–water partition coefficient (Wildman–Crippen LogP) is 4.99. The van der Waals surface area contributed by atoms with Crippen molar-refractivity contribution in [3.8, 4) is 5.75 Å². The molecule has 26 heavy (non-hydrogen) atoms. The molecule has 0 saturated carbocycles. The van der Waals surface area contributed by atoms with Crippen molar-refractivity contribution in [2.24, 2.45) is 4.99 Å². The standard InChI is InChI=1S/C20H17F2NO2S/c1-25-16-11-9-15(10-12-16)23-18(20(21)22)13-26(24)19-8-4-6-14-5-2-3-7-17(14)19/h2-12,20H,13H2,1H3/t26-/m0/s1. The van der Waals surface area contributed by atoms with Crippen LogP contribution < -0.4 is 4.74 Å². The third-order valence-corrected chi connectivity index (χ3v) is 5.28. The van der Waals surface area contributed by atoms with E-state index in [2.05, 4.69) is 4.99 Å². The van der Waals surface area contributed by atoms with Crippen molar-refractivity contribution in [1.82, 2.24) is 0 Å². The molecule has 0 unspecified atom stereocenters. The first-order chi connectivity index (χ1) is 12.6. The van der Waals surface area contributed by atoms with Gasteiger partial charge in [0.25, 0.3) is 6.43 Å². The number of methoxy groups -OCH3 is 1. The van der Waals surface area contributed by atoms with Crippen LogP contribution in [0.4, 0.5) is 14.5 Å². The molecule has 3 aromatic rings. The van der Waals surface area contributed by atoms with E-state index in [9.17, 15) is 13.0 Å². The number of hydrogen-bond donors (Lipinski definition) is 0. The van der Waals surface area contributed by atoms with Crippen molar-refractivity contribution in [2.45, 2.75) is 11.3 Å². The molecule has 3 rings (SSSR count). The topological polar surface area (TPSA) is 38.7 Å². The minimum Gasteiger partial charge on any atom is -0.497 e. The van der Waals surface area contributed by atoms with Gasteiger partial charge in [0.1, 0.15) is 5.75 Å². The summed E-state index contributed by atoms with van der Waals surface area (Å²) in [6, 6.07) is 19.3. The fourth-order valence-corrected chi connectivity index (χ4v) is 3.85. The number of rotatable bonds is 6. The van der Waals surface area contributed by atoms with Gasteiger partial charge in [0.05, 0.1) is 35.1 Å². The van der Waals surface area contributed by atoms with E-state index in [-0.39, 0.29) is 5.75 Å². The lowest BCUT2D eigenvalue weighted by Gasteiger charge is -2.09. The Morgan fingerprint density at radius 2 is 1.73 bits per heavy atom. The van der Waals surface area contributed by atoms with Gasteiger partial charge in [-0.1, -0.05) is 36.4 Å². The van der Waals surface area contributed by atoms with Crippen LogP contribution in [0.25, 0.3) is 10.8 Å². The molecule has 0 aromatic heterocycles. The Balaban J connectivity index is 1.89. The fraction of sp³-hybridized carbons (Fsp3) is 0.150. The molecular formula is C20H17F2NO2S. The molecule has 0 heterocycles. The van der Waals surface area contributed by atoms with E-state index in [1.807, 2.05) is 30.3 Å². The minimum absolute atomic E-state index is 0.322. The van der Waals surface area contributed by atoms with E-state index < -0.39 is 22.9 Å². The summed E-state index contributed by atoms with van der Waals surface area (Å²) in [7, 11) is -0.0998. The van der Waals surface area contributed by atoms with Gasteiger partial charge >= 0.3 is 0 Å². The highest BCUT2D eigenvalue weighted by molar-refractivity contribution is 7.86. The summed E-state index contributed by atoms with van der Waals surface area (Å²) in [5.41, 5.74) is -0.0301. The zero-order chi connectivity index (χ0) is 18.5. The van der Waals surface area contributed by atoms with Crippen LogP contribution in [0, 0.1) is 0 Å². The number of fused-ring (bicyclic) bond motifs is 1. The molecule has 0 radical (unpaired) electrons. The van der Waals surface area contributed by atoms with Crippen molar-refractivity contribution in [3.63, 3.8) is 0 Å². The van der Waals surface area contributed by atoms with Gasteiger partial charge in [-0.2, -0.15) is 0 Å². The second-order valence-corrected chi connectivity index (χ2v) is 6.99. The highest BCUT2D eigenvalue weighted by Gasteiger charge is 2.19. The Bertz CT molecular complexity index is 950. The third kappa shape index (κ3) is 4.14. The molecule has 0 amide bonds. The lowest BCUT2D eigenvalue weighted by molar-refractivity contribution is 0.225. The SMILES string of the molecule is COc1ccc(N=C(C[S@](=O)c2cccc3ccccc23)C(F)F)cc1. The second kappa shape index (κ2) is 8.19. The van der Waals surface area contributed by atoms with Gasteiger partial charge in [-0.05, 0) is 41.1 Å². The Morgan fingerprint density at radius 1 is 1.04 bits per heavy atom. The maximum atomic E-state index is 13.4. The van der Waals surface area contributed by atoms with Crippen molar-refractivity contribution in [1.29, 1.82) is 0 Å². The van der Waals surface area contributed by atoms with Crippen LogP contribution in [0.1, 0.15) is 0 Å². The van der Waals surface area contributed by atoms with Crippen LogP contribution in [0.15, 0.2) is 76.6 Å². The Morgan fingerprint density at radius 3 is 2.42 bits per heavy atom. The monoisotopic (exact) mass is 373 g/mol. The molecule has 0 aliphatic rings. The number of aliphatic imine (C=N–C) groups is 1. The molecule has 3 nitrogen and oxygen atoms in total. The second-order valence-electron chi connectivity index (χ2n) is 5.57. The van der Waals surface area contributed by atoms with Gasteiger partial charge < -0.3 is 4.74 Å². The van der Waals surface area contributed by atoms with Crippen LogP contribution >= 0.6 is 0 Å². The number of ether oxygens (including phenoxy) is 1. The van der Waals surface area contributed by atoms with Gasteiger partial charge in [-0.25, -0.2) is 8.78 Å². The molecule has 0 fully saturated rings. The van der Waals surface area contributed by atoms with Crippen LogP contribution in [0.2, 0.25) is 0 Å². The molecule has 134 valence electrons. The molecule has 3 aromatic carbocycles. The number of hydrogen-bond acceptors (Lipinski definition) is 3. The smallest absolute Gasteiger partial charge is 0.277 e. The highest BCUT2D eigenvalue weighted by Crippen LogP contribution is 2.23. The van der Waals surface area contributed by atoms with Crippen molar-refractivity contribution >= 4 is 33.0 Å². The lowest BCUT2D eigenvalue weighted by Crippen LogP contribution is -2.19. The van der Waals surface area contributed by atoms with Gasteiger partial charge in [0.15, 0.2) is 0 Å². The normalized spacial score (nSPS) is 13.2. The molecule has 0 aliphatic carbocycles. The molecule has 0 N–H and O–H groups in total.